The SMILES string of the molecule is C(=C(c1ccccc1)c1ccccc1)c1ccc(-c2c3ccccc3c(-c3ccc(CC(c4ccccc4)c4ccccc4)cc3)c3ccccc23)cc1.C(=C\c1ccc(N(c2ccc3ccccc3c2)c2ccc3ccccc3c2)cc1)/c1ccc(N(c2ccc3ccccc3c2)c2ccc3ccccc3c2)cc1. The van der Waals surface area contributed by atoms with Crippen molar-refractivity contribution < 1.29 is 0 Å². The van der Waals surface area contributed by atoms with Gasteiger partial charge >= 0.3 is 0 Å². The number of hydrogen-bond donors (Lipinski definition) is 0. The van der Waals surface area contributed by atoms with Crippen LogP contribution in [0.2, 0.25) is 0 Å². The van der Waals surface area contributed by atoms with Gasteiger partial charge in [-0.1, -0.05) is 376 Å². The van der Waals surface area contributed by atoms with Crippen LogP contribution in [-0.2, 0) is 6.42 Å². The van der Waals surface area contributed by atoms with Crippen molar-refractivity contribution in [2.24, 2.45) is 0 Å². The van der Waals surface area contributed by atoms with E-state index >= 15 is 0 Å². The molecule has 0 spiro atoms. The second-order valence-electron chi connectivity index (χ2n) is 28.3. The van der Waals surface area contributed by atoms with Crippen molar-refractivity contribution in [1.82, 2.24) is 0 Å². The molecule has 0 aliphatic heterocycles. The highest BCUT2D eigenvalue weighted by Crippen LogP contribution is 2.46. The van der Waals surface area contributed by atoms with E-state index in [1.54, 1.807) is 0 Å². The monoisotopic (exact) mass is 1400 g/mol. The zero-order chi connectivity index (χ0) is 73.4. The van der Waals surface area contributed by atoms with E-state index < -0.39 is 0 Å². The van der Waals surface area contributed by atoms with Gasteiger partial charge in [0.25, 0.3) is 0 Å². The van der Waals surface area contributed by atoms with Crippen molar-refractivity contribution in [2.75, 3.05) is 9.80 Å². The number of fused-ring (bicyclic) bond motifs is 6. The number of nitrogens with zero attached hydrogens (tertiary/aromatic N) is 2. The summed E-state index contributed by atoms with van der Waals surface area (Å²) in [6, 6.07) is 158. The minimum Gasteiger partial charge on any atom is -0.310 e. The summed E-state index contributed by atoms with van der Waals surface area (Å²) < 4.78 is 0. The van der Waals surface area contributed by atoms with Gasteiger partial charge in [-0.25, -0.2) is 0 Å². The van der Waals surface area contributed by atoms with Gasteiger partial charge in [0.15, 0.2) is 0 Å². The fourth-order valence-corrected chi connectivity index (χ4v) is 15.9. The molecule has 0 heterocycles. The van der Waals surface area contributed by atoms with E-state index in [2.05, 4.69) is 465 Å². The highest BCUT2D eigenvalue weighted by Gasteiger charge is 2.21. The lowest BCUT2D eigenvalue weighted by atomic mass is 9.84. The molecular weight excluding hydrogens is 1330 g/mol. The van der Waals surface area contributed by atoms with Crippen LogP contribution in [0.1, 0.15) is 50.4 Å². The number of benzene rings is 19. The maximum absolute atomic E-state index is 2.35. The maximum Gasteiger partial charge on any atom is 0.0468 e. The molecule has 0 atom stereocenters. The molecular formula is C108H78N2. The predicted octanol–water partition coefficient (Wildman–Crippen LogP) is 29.7. The quantitative estimate of drug-likeness (QED) is 0.0662. The Bertz CT molecular complexity index is 6000. The Balaban J connectivity index is 0.000000154. The van der Waals surface area contributed by atoms with Crippen LogP contribution in [-0.4, -0.2) is 0 Å². The molecule has 0 fully saturated rings. The molecule has 110 heavy (non-hydrogen) atoms. The van der Waals surface area contributed by atoms with Gasteiger partial charge in [-0.3, -0.25) is 0 Å². The van der Waals surface area contributed by atoms with Crippen LogP contribution in [0, 0.1) is 0 Å². The van der Waals surface area contributed by atoms with Crippen LogP contribution in [0.25, 0.3) is 111 Å². The molecule has 0 N–H and O–H groups in total. The van der Waals surface area contributed by atoms with Gasteiger partial charge in [-0.15, -0.1) is 0 Å². The van der Waals surface area contributed by atoms with Gasteiger partial charge in [0.1, 0.15) is 0 Å². The molecule has 19 aromatic carbocycles. The van der Waals surface area contributed by atoms with Crippen molar-refractivity contribution >= 4 is 123 Å². The van der Waals surface area contributed by atoms with E-state index in [1.807, 2.05) is 0 Å². The Hall–Kier alpha value is -14.2. The minimum absolute atomic E-state index is 0.296. The number of anilines is 6. The normalized spacial score (nSPS) is 11.4. The zero-order valence-electron chi connectivity index (χ0n) is 61.0. The summed E-state index contributed by atoms with van der Waals surface area (Å²) in [5.74, 6) is 0.296. The smallest absolute Gasteiger partial charge is 0.0468 e. The van der Waals surface area contributed by atoms with E-state index in [9.17, 15) is 0 Å². The Labute approximate surface area is 644 Å². The number of rotatable bonds is 17. The Kier molecular flexibility index (Phi) is 19.1. The van der Waals surface area contributed by atoms with Crippen molar-refractivity contribution in [1.29, 1.82) is 0 Å². The van der Waals surface area contributed by atoms with Crippen molar-refractivity contribution in [2.45, 2.75) is 12.3 Å². The topological polar surface area (TPSA) is 6.48 Å². The van der Waals surface area contributed by atoms with Gasteiger partial charge in [0, 0.05) is 40.0 Å². The van der Waals surface area contributed by atoms with Crippen LogP contribution >= 0.6 is 0 Å². The molecule has 0 radical (unpaired) electrons. The molecule has 520 valence electrons. The van der Waals surface area contributed by atoms with E-state index in [-0.39, 0.29) is 0 Å². The molecule has 0 aromatic heterocycles. The van der Waals surface area contributed by atoms with E-state index in [0.29, 0.717) is 5.92 Å². The lowest BCUT2D eigenvalue weighted by molar-refractivity contribution is 0.805. The molecule has 0 saturated carbocycles. The summed E-state index contributed by atoms with van der Waals surface area (Å²) in [7, 11) is 0. The highest BCUT2D eigenvalue weighted by molar-refractivity contribution is 6.21. The fourth-order valence-electron chi connectivity index (χ4n) is 15.9. The summed E-state index contributed by atoms with van der Waals surface area (Å²) in [5, 5.41) is 14.9. The average Bonchev–Trinajstić information content (AvgIpc) is 0.729. The molecule has 0 unspecified atom stereocenters. The second kappa shape index (κ2) is 31.1. The van der Waals surface area contributed by atoms with Crippen LogP contribution in [0.5, 0.6) is 0 Å². The maximum atomic E-state index is 2.35. The largest absolute Gasteiger partial charge is 0.310 e. The molecule has 0 aliphatic rings. The molecule has 2 heteroatoms. The summed E-state index contributed by atoms with van der Waals surface area (Å²) in [6.45, 7) is 0. The molecule has 19 aromatic rings. The predicted molar refractivity (Wildman–Crippen MR) is 472 cm³/mol. The van der Waals surface area contributed by atoms with Gasteiger partial charge in [0.05, 0.1) is 0 Å². The molecule has 0 saturated heterocycles. The van der Waals surface area contributed by atoms with Crippen LogP contribution < -0.4 is 9.80 Å². The van der Waals surface area contributed by atoms with Crippen LogP contribution in [0.15, 0.2) is 437 Å². The summed E-state index contributed by atoms with van der Waals surface area (Å²) >= 11 is 0. The summed E-state index contributed by atoms with van der Waals surface area (Å²) in [5.41, 5.74) is 22.9. The van der Waals surface area contributed by atoms with Gasteiger partial charge in [-0.2, -0.15) is 0 Å². The van der Waals surface area contributed by atoms with Crippen LogP contribution in [0.3, 0.4) is 0 Å². The lowest BCUT2D eigenvalue weighted by Crippen LogP contribution is -2.10. The Morgan fingerprint density at radius 1 is 0.227 bits per heavy atom. The molecule has 0 bridgehead atoms. The van der Waals surface area contributed by atoms with E-state index in [0.717, 1.165) is 51.7 Å². The molecule has 0 amide bonds. The minimum atomic E-state index is 0.296. The first-order valence-corrected chi connectivity index (χ1v) is 38.0. The first-order valence-electron chi connectivity index (χ1n) is 38.0. The Morgan fingerprint density at radius 2 is 0.500 bits per heavy atom. The fraction of sp³-hybridized carbons (Fsp3) is 0.0185. The third-order valence-corrected chi connectivity index (χ3v) is 21.4. The van der Waals surface area contributed by atoms with Gasteiger partial charge in [-0.05, 0) is 222 Å². The first-order chi connectivity index (χ1) is 54.5. The Morgan fingerprint density at radius 3 is 0.836 bits per heavy atom. The van der Waals surface area contributed by atoms with Crippen molar-refractivity contribution in [3.8, 4) is 22.3 Å². The molecule has 19 rings (SSSR count). The lowest BCUT2D eigenvalue weighted by Gasteiger charge is -2.26. The molecule has 2 nitrogen and oxygen atoms in total. The van der Waals surface area contributed by atoms with Crippen molar-refractivity contribution in [3.63, 3.8) is 0 Å². The van der Waals surface area contributed by atoms with Crippen molar-refractivity contribution in [3.05, 3.63) is 481 Å². The van der Waals surface area contributed by atoms with Gasteiger partial charge < -0.3 is 9.80 Å². The second-order valence-corrected chi connectivity index (χ2v) is 28.3. The summed E-state index contributed by atoms with van der Waals surface area (Å²) in [4.78, 5) is 4.70. The standard InChI is InChI=1S/C54H38N2.C54H40/c1-5-13-45-35-51(31-23-41(45)9-1)55(52-32-24-42-10-2-6-14-46(42)36-52)49-27-19-39(20-28-49)17-18-40-21-29-50(30-22-40)56(53-33-25-43-11-3-7-15-47(43)37-53)54-34-26-44-12-4-8-16-48(44)38-54;1-5-17-41(18-6-1)51(42-19-7-2-8-20-42)37-39-29-33-45(34-30-39)53-47-25-13-15-27-49(47)54(50-28-16-14-26-48(50)53)46-35-31-40(32-36-46)38-52(43-21-9-3-10-22-43)44-23-11-4-12-24-44/h1-38H;1-37,52H,38H2/b18-17+;. The zero-order valence-corrected chi connectivity index (χ0v) is 61.0. The van der Waals surface area contributed by atoms with E-state index in [4.69, 9.17) is 0 Å². The average molecular weight is 1400 g/mol. The third kappa shape index (κ3) is 14.4. The third-order valence-electron chi connectivity index (χ3n) is 21.4. The first kappa shape index (κ1) is 67.7. The van der Waals surface area contributed by atoms with E-state index in [1.165, 1.54) is 126 Å². The van der Waals surface area contributed by atoms with Crippen LogP contribution in [0.4, 0.5) is 34.1 Å². The highest BCUT2D eigenvalue weighted by atomic mass is 15.1. The number of hydrogen-bond acceptors (Lipinski definition) is 2. The molecule has 0 aliphatic carbocycles. The summed E-state index contributed by atoms with van der Waals surface area (Å²) in [6.07, 6.45) is 7.64. The van der Waals surface area contributed by atoms with Gasteiger partial charge in [0.2, 0.25) is 0 Å².